The van der Waals surface area contributed by atoms with Crippen LogP contribution in [0.25, 0.3) is 0 Å². The molecule has 1 aliphatic carbocycles. The third-order valence-corrected chi connectivity index (χ3v) is 5.16. The normalized spacial score (nSPS) is 17.0. The monoisotopic (exact) mass is 266 g/mol. The van der Waals surface area contributed by atoms with E-state index in [1.54, 1.807) is 6.07 Å². The zero-order chi connectivity index (χ0) is 12.3. The largest absolute Gasteiger partial charge is 0.383 e. The summed E-state index contributed by atoms with van der Waals surface area (Å²) in [5.41, 5.74) is 1.39. The molecule has 0 aromatic heterocycles. The number of halogens is 1. The van der Waals surface area contributed by atoms with Gasteiger partial charge in [0.05, 0.1) is 16.3 Å². The van der Waals surface area contributed by atoms with Crippen LogP contribution in [0.3, 0.4) is 0 Å². The molecular formula is C13H15ClN2S. The molecule has 2 nitrogen and oxygen atoms in total. The summed E-state index contributed by atoms with van der Waals surface area (Å²) in [7, 11) is 0. The van der Waals surface area contributed by atoms with Crippen LogP contribution in [0.2, 0.25) is 5.02 Å². The fraction of sp³-hybridized carbons (Fsp3) is 0.462. The standard InChI is InChI=1S/C13H15ClN2S/c1-17-13(6-3-7-13)9-16-12-5-2-4-11(14)10(12)8-15/h2,4-5,16H,3,6-7,9H2,1H3. The molecule has 0 unspecified atom stereocenters. The topological polar surface area (TPSA) is 35.8 Å². The van der Waals surface area contributed by atoms with Crippen molar-refractivity contribution in [3.63, 3.8) is 0 Å². The van der Waals surface area contributed by atoms with E-state index >= 15 is 0 Å². The second-order valence-corrected chi connectivity index (χ2v) is 6.05. The summed E-state index contributed by atoms with van der Waals surface area (Å²) in [5.74, 6) is 0. The quantitative estimate of drug-likeness (QED) is 0.898. The molecule has 1 aromatic rings. The molecule has 0 heterocycles. The number of hydrogen-bond acceptors (Lipinski definition) is 3. The Kier molecular flexibility index (Phi) is 3.86. The highest BCUT2D eigenvalue weighted by Gasteiger charge is 2.35. The molecule has 1 aromatic carbocycles. The van der Waals surface area contributed by atoms with E-state index in [0.717, 1.165) is 12.2 Å². The first-order valence-corrected chi connectivity index (χ1v) is 7.29. The van der Waals surface area contributed by atoms with E-state index in [1.807, 2.05) is 23.9 Å². The van der Waals surface area contributed by atoms with E-state index < -0.39 is 0 Å². The van der Waals surface area contributed by atoms with E-state index in [9.17, 15) is 0 Å². The lowest BCUT2D eigenvalue weighted by Gasteiger charge is -2.40. The second kappa shape index (κ2) is 5.20. The van der Waals surface area contributed by atoms with Crippen LogP contribution in [0.1, 0.15) is 24.8 Å². The van der Waals surface area contributed by atoms with Gasteiger partial charge in [0, 0.05) is 11.3 Å². The molecule has 1 saturated carbocycles. The summed E-state index contributed by atoms with van der Waals surface area (Å²) < 4.78 is 0.356. The van der Waals surface area contributed by atoms with Gasteiger partial charge < -0.3 is 5.32 Å². The van der Waals surface area contributed by atoms with Gasteiger partial charge in [0.15, 0.2) is 0 Å². The minimum Gasteiger partial charge on any atom is -0.383 e. The Morgan fingerprint density at radius 1 is 1.53 bits per heavy atom. The molecule has 0 saturated heterocycles. The number of rotatable bonds is 4. The Labute approximate surface area is 111 Å². The molecule has 0 amide bonds. The van der Waals surface area contributed by atoms with Gasteiger partial charge in [-0.05, 0) is 31.2 Å². The lowest BCUT2D eigenvalue weighted by atomic mass is 9.84. The SMILES string of the molecule is CSC1(CNc2cccc(Cl)c2C#N)CCC1. The third-order valence-electron chi connectivity index (χ3n) is 3.42. The van der Waals surface area contributed by atoms with Crippen molar-refractivity contribution < 1.29 is 0 Å². The smallest absolute Gasteiger partial charge is 0.103 e. The van der Waals surface area contributed by atoms with Crippen molar-refractivity contribution in [3.8, 4) is 6.07 Å². The number of nitriles is 1. The number of anilines is 1. The summed E-state index contributed by atoms with van der Waals surface area (Å²) in [6, 6.07) is 7.69. The second-order valence-electron chi connectivity index (χ2n) is 4.37. The third kappa shape index (κ3) is 2.53. The van der Waals surface area contributed by atoms with Crippen LogP contribution in [0.4, 0.5) is 5.69 Å². The Morgan fingerprint density at radius 3 is 2.82 bits per heavy atom. The van der Waals surface area contributed by atoms with E-state index in [4.69, 9.17) is 16.9 Å². The summed E-state index contributed by atoms with van der Waals surface area (Å²) in [5, 5.41) is 13.0. The van der Waals surface area contributed by atoms with E-state index in [1.165, 1.54) is 19.3 Å². The fourth-order valence-electron chi connectivity index (χ4n) is 2.07. The predicted octanol–water partition coefficient (Wildman–Crippen LogP) is 3.91. The van der Waals surface area contributed by atoms with Crippen LogP contribution >= 0.6 is 23.4 Å². The van der Waals surface area contributed by atoms with Gasteiger partial charge in [-0.1, -0.05) is 24.1 Å². The van der Waals surface area contributed by atoms with Crippen LogP contribution in [-0.4, -0.2) is 17.5 Å². The van der Waals surface area contributed by atoms with Gasteiger partial charge in [-0.2, -0.15) is 17.0 Å². The predicted molar refractivity (Wildman–Crippen MR) is 74.8 cm³/mol. The van der Waals surface area contributed by atoms with Crippen molar-refractivity contribution in [2.24, 2.45) is 0 Å². The first-order valence-electron chi connectivity index (χ1n) is 5.68. The molecule has 90 valence electrons. The van der Waals surface area contributed by atoms with Crippen molar-refractivity contribution in [1.29, 1.82) is 5.26 Å². The number of thioether (sulfide) groups is 1. The van der Waals surface area contributed by atoms with Crippen LogP contribution in [0.5, 0.6) is 0 Å². The zero-order valence-corrected chi connectivity index (χ0v) is 11.4. The number of nitrogens with one attached hydrogen (secondary N) is 1. The Morgan fingerprint density at radius 2 is 2.29 bits per heavy atom. The minimum absolute atomic E-state index is 0.356. The van der Waals surface area contributed by atoms with E-state index in [-0.39, 0.29) is 0 Å². The first-order chi connectivity index (χ1) is 8.21. The summed E-state index contributed by atoms with van der Waals surface area (Å²) in [6.45, 7) is 0.906. The zero-order valence-electron chi connectivity index (χ0n) is 9.79. The van der Waals surface area contributed by atoms with Gasteiger partial charge in [0.2, 0.25) is 0 Å². The van der Waals surface area contributed by atoms with Crippen molar-refractivity contribution in [2.45, 2.75) is 24.0 Å². The van der Waals surface area contributed by atoms with Crippen LogP contribution in [0.15, 0.2) is 18.2 Å². The van der Waals surface area contributed by atoms with Gasteiger partial charge in [0.1, 0.15) is 6.07 Å². The highest BCUT2D eigenvalue weighted by Crippen LogP contribution is 2.43. The Hall–Kier alpha value is -0.850. The molecule has 0 spiro atoms. The molecule has 4 heteroatoms. The van der Waals surface area contributed by atoms with E-state index in [0.29, 0.717) is 15.3 Å². The van der Waals surface area contributed by atoms with Gasteiger partial charge in [-0.15, -0.1) is 0 Å². The molecule has 1 N–H and O–H groups in total. The maximum Gasteiger partial charge on any atom is 0.103 e. The molecule has 0 bridgehead atoms. The van der Waals surface area contributed by atoms with Crippen LogP contribution in [0, 0.1) is 11.3 Å². The number of nitrogens with zero attached hydrogens (tertiary/aromatic N) is 1. The lowest BCUT2D eigenvalue weighted by molar-refractivity contribution is 0.380. The first kappa shape index (κ1) is 12.6. The maximum atomic E-state index is 9.08. The summed E-state index contributed by atoms with van der Waals surface area (Å²) >= 11 is 7.91. The highest BCUT2D eigenvalue weighted by atomic mass is 35.5. The molecule has 0 radical (unpaired) electrons. The molecule has 1 fully saturated rings. The Balaban J connectivity index is 2.09. The average Bonchev–Trinajstić information content (AvgIpc) is 2.28. The average molecular weight is 267 g/mol. The molecular weight excluding hydrogens is 252 g/mol. The van der Waals surface area contributed by atoms with Gasteiger partial charge in [-0.3, -0.25) is 0 Å². The number of hydrogen-bond donors (Lipinski definition) is 1. The molecule has 17 heavy (non-hydrogen) atoms. The lowest BCUT2D eigenvalue weighted by Crippen LogP contribution is -2.40. The van der Waals surface area contributed by atoms with E-state index in [2.05, 4.69) is 17.6 Å². The number of benzene rings is 1. The summed E-state index contributed by atoms with van der Waals surface area (Å²) in [6.07, 6.45) is 5.97. The van der Waals surface area contributed by atoms with Gasteiger partial charge in [-0.25, -0.2) is 0 Å². The van der Waals surface area contributed by atoms with Crippen LogP contribution in [-0.2, 0) is 0 Å². The maximum absolute atomic E-state index is 9.08. The highest BCUT2D eigenvalue weighted by molar-refractivity contribution is 8.00. The van der Waals surface area contributed by atoms with Gasteiger partial charge in [0.25, 0.3) is 0 Å². The minimum atomic E-state index is 0.356. The molecule has 0 aliphatic heterocycles. The van der Waals surface area contributed by atoms with Crippen molar-refractivity contribution in [3.05, 3.63) is 28.8 Å². The fourth-order valence-corrected chi connectivity index (χ4v) is 3.20. The van der Waals surface area contributed by atoms with Crippen molar-refractivity contribution >= 4 is 29.1 Å². The summed E-state index contributed by atoms with van der Waals surface area (Å²) in [4.78, 5) is 0. The molecule has 2 rings (SSSR count). The van der Waals surface area contributed by atoms with Crippen molar-refractivity contribution in [2.75, 3.05) is 18.1 Å². The van der Waals surface area contributed by atoms with Crippen LogP contribution < -0.4 is 5.32 Å². The Bertz CT molecular complexity index is 444. The molecule has 0 atom stereocenters. The van der Waals surface area contributed by atoms with Gasteiger partial charge >= 0.3 is 0 Å². The molecule has 1 aliphatic rings. The van der Waals surface area contributed by atoms with Crippen molar-refractivity contribution in [1.82, 2.24) is 0 Å².